The van der Waals surface area contributed by atoms with Gasteiger partial charge in [0.25, 0.3) is 5.56 Å². The summed E-state index contributed by atoms with van der Waals surface area (Å²) in [7, 11) is 0. The molecule has 242 valence electrons. The molecule has 4 aliphatic rings. The fraction of sp³-hybridized carbons (Fsp3) is 0.524. The van der Waals surface area contributed by atoms with Gasteiger partial charge >= 0.3 is 13.5 Å². The second-order valence-electron chi connectivity index (χ2n) is 10.2. The van der Waals surface area contributed by atoms with Gasteiger partial charge in [0.1, 0.15) is 29.9 Å². The maximum atomic E-state index is 16.0. The molecule has 45 heavy (non-hydrogen) atoms. The number of nitrogens with one attached hydrogen (secondary N) is 1. The number of ketones is 1. The minimum atomic E-state index is -4.43. The summed E-state index contributed by atoms with van der Waals surface area (Å²) in [6, 6.07) is 0. The Bertz CT molecular complexity index is 1880. The highest BCUT2D eigenvalue weighted by Gasteiger charge is 2.54. The summed E-state index contributed by atoms with van der Waals surface area (Å²) < 4.78 is 75.8. The molecule has 24 heteroatoms. The number of imidazole rings is 2. The zero-order valence-corrected chi connectivity index (χ0v) is 26.7. The quantitative estimate of drug-likeness (QED) is 0.220. The number of ether oxygens (including phenoxy) is 1. The van der Waals surface area contributed by atoms with Gasteiger partial charge < -0.3 is 19.9 Å². The molecule has 7 rings (SSSR count). The van der Waals surface area contributed by atoms with Crippen molar-refractivity contribution < 1.29 is 45.9 Å². The van der Waals surface area contributed by atoms with Crippen LogP contribution in [0.2, 0.25) is 0 Å². The topological polar surface area (TPSA) is 220 Å². The van der Waals surface area contributed by atoms with Gasteiger partial charge in [-0.1, -0.05) is 12.2 Å². The second kappa shape index (κ2) is 11.6. The largest absolute Gasteiger partial charge is 0.386 e. The first-order valence-electron chi connectivity index (χ1n) is 13.1. The van der Waals surface area contributed by atoms with E-state index in [1.807, 2.05) is 0 Å². The number of aromatic nitrogens is 6. The summed E-state index contributed by atoms with van der Waals surface area (Å²) in [5, 5.41) is -2.16. The van der Waals surface area contributed by atoms with Gasteiger partial charge in [0.15, 0.2) is 40.9 Å². The van der Waals surface area contributed by atoms with E-state index in [9.17, 15) is 19.0 Å². The Morgan fingerprint density at radius 3 is 2.71 bits per heavy atom. The number of H-pyrrole nitrogens is 1. The third kappa shape index (κ3) is 5.73. The third-order valence-corrected chi connectivity index (χ3v) is 12.1. The normalized spacial score (nSPS) is 38.8. The number of halogens is 2. The maximum Gasteiger partial charge on any atom is 0.386 e. The summed E-state index contributed by atoms with van der Waals surface area (Å²) in [6.45, 7) is -9.92. The number of thiol groups is 1. The molecule has 7 heterocycles. The molecule has 0 aliphatic carbocycles. The predicted molar refractivity (Wildman–Crippen MR) is 161 cm³/mol. The molecule has 4 N–H and O–H groups in total. The van der Waals surface area contributed by atoms with Gasteiger partial charge in [-0.15, -0.1) is 11.8 Å². The predicted octanol–water partition coefficient (Wildman–Crippen LogP) is 2.15. The van der Waals surface area contributed by atoms with Crippen LogP contribution in [0.1, 0.15) is 28.5 Å². The van der Waals surface area contributed by atoms with Crippen molar-refractivity contribution in [3.8, 4) is 0 Å². The first-order chi connectivity index (χ1) is 21.3. The molecule has 17 nitrogen and oxygen atoms in total. The molecule has 2 unspecified atom stereocenters. The first-order valence-corrected chi connectivity index (χ1v) is 19.3. The van der Waals surface area contributed by atoms with Crippen molar-refractivity contribution in [3.05, 3.63) is 28.7 Å². The number of thioether (sulfide) groups is 1. The van der Waals surface area contributed by atoms with Crippen LogP contribution in [0.5, 0.6) is 0 Å². The molecule has 4 aliphatic heterocycles. The van der Waals surface area contributed by atoms with E-state index in [-0.39, 0.29) is 40.8 Å². The van der Waals surface area contributed by atoms with Crippen LogP contribution in [-0.4, -0.2) is 95.1 Å². The minimum Gasteiger partial charge on any atom is -0.369 e. The number of nitrogen functional groups attached to an aromatic ring is 1. The van der Waals surface area contributed by atoms with Crippen LogP contribution in [-0.2, 0) is 39.2 Å². The lowest BCUT2D eigenvalue weighted by Gasteiger charge is -2.26. The number of hydrogen-bond acceptors (Lipinski definition) is 15. The van der Waals surface area contributed by atoms with Gasteiger partial charge in [-0.25, -0.2) is 28.3 Å². The average molecular weight is 727 g/mol. The zero-order valence-electron chi connectivity index (χ0n) is 22.4. The van der Waals surface area contributed by atoms with Gasteiger partial charge in [-0.2, -0.15) is 4.98 Å². The third-order valence-electron chi connectivity index (χ3n) is 7.37. The SMILES string of the molecule is Nc1nc2c(ncn2[C@@H]2S[C@@H]3COP(O)(=S)O[C@H]4[C@H](F)[C@H](n5cnc6c5N=CCC6=O)O[C@@H]4COP(=O)(S)O[C@@H]2[C@@H]3F)c(=O)[nH]1. The highest BCUT2D eigenvalue weighted by atomic mass is 32.7. The lowest BCUT2D eigenvalue weighted by atomic mass is 10.1. The molecular formula is C21H22F2N8O9P2S3. The van der Waals surface area contributed by atoms with Crippen LogP contribution in [0.3, 0.4) is 0 Å². The number of carbonyl (C=O) groups is 1. The van der Waals surface area contributed by atoms with Crippen LogP contribution in [0.4, 0.5) is 20.5 Å². The number of nitrogens with two attached hydrogens (primary N) is 1. The first kappa shape index (κ1) is 31.5. The number of Topliss-reactive ketones (excluding diaryl/α,β-unsaturated/α-hetero) is 1. The van der Waals surface area contributed by atoms with Crippen molar-refractivity contribution in [2.24, 2.45) is 4.99 Å². The number of fused-ring (bicyclic) bond motifs is 5. The van der Waals surface area contributed by atoms with E-state index < -0.39 is 79.8 Å². The summed E-state index contributed by atoms with van der Waals surface area (Å²) in [5.74, 6) is -0.496. The lowest BCUT2D eigenvalue weighted by Crippen LogP contribution is -2.34. The van der Waals surface area contributed by atoms with Gasteiger partial charge in [0.05, 0.1) is 31.1 Å². The highest BCUT2D eigenvalue weighted by Crippen LogP contribution is 2.61. The van der Waals surface area contributed by atoms with E-state index in [1.54, 1.807) is 0 Å². The van der Waals surface area contributed by atoms with Crippen LogP contribution in [0, 0.1) is 0 Å². The monoisotopic (exact) mass is 726 g/mol. The molecule has 2 bridgehead atoms. The van der Waals surface area contributed by atoms with Gasteiger partial charge in [-0.05, 0) is 11.8 Å². The molecule has 0 amide bonds. The highest BCUT2D eigenvalue weighted by molar-refractivity contribution is 8.44. The van der Waals surface area contributed by atoms with Crippen LogP contribution in [0.25, 0.3) is 11.2 Å². The van der Waals surface area contributed by atoms with Crippen molar-refractivity contribution in [3.63, 3.8) is 0 Å². The van der Waals surface area contributed by atoms with E-state index in [0.717, 1.165) is 11.8 Å². The van der Waals surface area contributed by atoms with E-state index >= 15 is 8.78 Å². The minimum absolute atomic E-state index is 0.00212. The van der Waals surface area contributed by atoms with Crippen LogP contribution >= 0.6 is 37.5 Å². The Hall–Kier alpha value is -2.10. The number of anilines is 1. The van der Waals surface area contributed by atoms with E-state index in [4.69, 9.17) is 40.4 Å². The Morgan fingerprint density at radius 1 is 1.13 bits per heavy atom. The molecule has 3 saturated heterocycles. The fourth-order valence-corrected chi connectivity index (χ4v) is 9.90. The van der Waals surface area contributed by atoms with Crippen molar-refractivity contribution in [1.82, 2.24) is 29.1 Å². The molecule has 3 aromatic rings. The molecule has 3 aromatic heterocycles. The van der Waals surface area contributed by atoms with Gasteiger partial charge in [0, 0.05) is 12.6 Å². The molecule has 0 radical (unpaired) electrons. The summed E-state index contributed by atoms with van der Waals surface area (Å²) in [6.07, 6.45) is -6.23. The molecule has 10 atom stereocenters. The fourth-order valence-electron chi connectivity index (χ4n) is 5.35. The molecular weight excluding hydrogens is 704 g/mol. The zero-order chi connectivity index (χ0) is 31.8. The summed E-state index contributed by atoms with van der Waals surface area (Å²) in [5.41, 5.74) is 4.99. The summed E-state index contributed by atoms with van der Waals surface area (Å²) >= 11 is 10.1. The van der Waals surface area contributed by atoms with E-state index in [1.165, 1.54) is 28.0 Å². The standard InChI is InChI=1S/C21H22F2N8O9P2S3/c22-10-9-4-37-42(35,44)39-14-8(38-19(11(14)23)30-5-26-12-7(32)1-2-25-16(12)30)3-36-41(34,43)40-15(10)20(45-9)31-6-27-13-17(31)28-21(24)29-18(13)33/h2,5-6,8-11,14-15,19-20H,1,3-4H2,(H,34,43)(H,35,44)(H3,24,28,29,33)/t8-,9-,10-,11+,14-,15-,19-,20-,41?,42?/m1/s1. The van der Waals surface area contributed by atoms with Crippen molar-refractivity contribution >= 4 is 84.3 Å². The van der Waals surface area contributed by atoms with Crippen molar-refractivity contribution in [2.75, 3.05) is 18.9 Å². The van der Waals surface area contributed by atoms with Crippen molar-refractivity contribution in [1.29, 1.82) is 0 Å². The number of rotatable bonds is 2. The average Bonchev–Trinajstić information content (AvgIpc) is 3.72. The van der Waals surface area contributed by atoms with Crippen LogP contribution in [0.15, 0.2) is 22.4 Å². The molecule has 0 aromatic carbocycles. The van der Waals surface area contributed by atoms with Gasteiger partial charge in [-0.3, -0.25) is 37.3 Å². The van der Waals surface area contributed by atoms with Crippen molar-refractivity contribution in [2.45, 2.75) is 53.9 Å². The smallest absolute Gasteiger partial charge is 0.369 e. The van der Waals surface area contributed by atoms with E-state index in [2.05, 4.69) is 37.2 Å². The number of alkyl halides is 2. The van der Waals surface area contributed by atoms with E-state index in [0.29, 0.717) is 0 Å². The maximum absolute atomic E-state index is 16.0. The molecule has 3 fully saturated rings. The Balaban J connectivity index is 1.20. The molecule has 0 saturated carbocycles. The number of hydrogen-bond donors (Lipinski definition) is 4. The lowest BCUT2D eigenvalue weighted by molar-refractivity contribution is -0.0432. The number of aliphatic imine (C=N–C) groups is 1. The Labute approximate surface area is 265 Å². The number of aromatic amines is 1. The summed E-state index contributed by atoms with van der Waals surface area (Å²) in [4.78, 5) is 54.1. The Morgan fingerprint density at radius 2 is 1.91 bits per heavy atom. The number of nitrogens with zero attached hydrogens (tertiary/aromatic N) is 6. The number of carbonyl (C=O) groups excluding carboxylic acids is 1. The second-order valence-corrected chi connectivity index (χ2v) is 17.3. The molecule has 0 spiro atoms. The Kier molecular flexibility index (Phi) is 8.08. The van der Waals surface area contributed by atoms with Crippen LogP contribution < -0.4 is 11.3 Å². The van der Waals surface area contributed by atoms with Gasteiger partial charge in [0.2, 0.25) is 5.95 Å².